The molecule has 0 saturated heterocycles. The number of halogens is 2. The summed E-state index contributed by atoms with van der Waals surface area (Å²) in [5, 5.41) is 7.18. The van der Waals surface area contributed by atoms with Crippen molar-refractivity contribution in [1.29, 1.82) is 0 Å². The van der Waals surface area contributed by atoms with Gasteiger partial charge in [-0.3, -0.25) is 9.48 Å². The average Bonchev–Trinajstić information content (AvgIpc) is 2.53. The van der Waals surface area contributed by atoms with Crippen LogP contribution in [0.3, 0.4) is 0 Å². The average molecular weight is 311 g/mol. The van der Waals surface area contributed by atoms with Gasteiger partial charge in [0.15, 0.2) is 0 Å². The van der Waals surface area contributed by atoms with E-state index in [4.69, 9.17) is 5.73 Å². The lowest BCUT2D eigenvalue weighted by Gasteiger charge is -2.10. The number of nitrogens with two attached hydrogens (primary N) is 1. The van der Waals surface area contributed by atoms with Crippen LogP contribution in [-0.2, 0) is 18.3 Å². The normalized spacial score (nSPS) is 11.2. The van der Waals surface area contributed by atoms with Gasteiger partial charge in [0, 0.05) is 24.8 Å². The number of carbonyl (C=O) groups is 1. The van der Waals surface area contributed by atoms with E-state index in [1.54, 1.807) is 4.68 Å². The minimum absolute atomic E-state index is 0. The summed E-state index contributed by atoms with van der Waals surface area (Å²) in [6, 6.07) is 0. The Kier molecular flexibility index (Phi) is 9.92. The zero-order valence-electron chi connectivity index (χ0n) is 11.9. The molecule has 0 aliphatic carbocycles. The maximum absolute atomic E-state index is 11.8. The smallest absolute Gasteiger partial charge is 0.224 e. The van der Waals surface area contributed by atoms with Gasteiger partial charge in [-0.2, -0.15) is 5.10 Å². The predicted molar refractivity (Wildman–Crippen MR) is 82.1 cm³/mol. The number of amides is 1. The highest BCUT2D eigenvalue weighted by Gasteiger charge is 2.13. The summed E-state index contributed by atoms with van der Waals surface area (Å²) < 4.78 is 1.81. The van der Waals surface area contributed by atoms with E-state index in [9.17, 15) is 4.79 Å². The first-order chi connectivity index (χ1) is 7.95. The van der Waals surface area contributed by atoms with Crippen LogP contribution in [0.2, 0.25) is 0 Å². The molecule has 1 amide bonds. The molecule has 1 heterocycles. The highest BCUT2D eigenvalue weighted by atomic mass is 35.5. The topological polar surface area (TPSA) is 72.9 Å². The Bertz CT molecular complexity index is 407. The van der Waals surface area contributed by atoms with Crippen LogP contribution >= 0.6 is 24.8 Å². The standard InChI is InChI=1S/C12H22N4O.2ClH/c1-8(6-13)7-14-12(17)5-11-9(2)15-16(4)10(11)3;;/h8H,5-7,13H2,1-4H3,(H,14,17);2*1H. The van der Waals surface area contributed by atoms with E-state index in [-0.39, 0.29) is 30.7 Å². The Balaban J connectivity index is 0. The fourth-order valence-electron chi connectivity index (χ4n) is 1.67. The van der Waals surface area contributed by atoms with Gasteiger partial charge < -0.3 is 11.1 Å². The van der Waals surface area contributed by atoms with Crippen molar-refractivity contribution in [1.82, 2.24) is 15.1 Å². The van der Waals surface area contributed by atoms with E-state index in [1.807, 2.05) is 27.8 Å². The summed E-state index contributed by atoms with van der Waals surface area (Å²) >= 11 is 0. The van der Waals surface area contributed by atoms with Crippen molar-refractivity contribution >= 4 is 30.7 Å². The van der Waals surface area contributed by atoms with E-state index in [2.05, 4.69) is 10.4 Å². The highest BCUT2D eigenvalue weighted by Crippen LogP contribution is 2.12. The molecule has 0 radical (unpaired) electrons. The van der Waals surface area contributed by atoms with Crippen molar-refractivity contribution in [3.05, 3.63) is 17.0 Å². The molecule has 0 saturated carbocycles. The highest BCUT2D eigenvalue weighted by molar-refractivity contribution is 5.85. The lowest BCUT2D eigenvalue weighted by Crippen LogP contribution is -2.32. The van der Waals surface area contributed by atoms with Crippen LogP contribution in [0.15, 0.2) is 0 Å². The van der Waals surface area contributed by atoms with Crippen LogP contribution in [0.1, 0.15) is 23.9 Å². The maximum Gasteiger partial charge on any atom is 0.224 e. The molecule has 0 aliphatic rings. The van der Waals surface area contributed by atoms with Gasteiger partial charge >= 0.3 is 0 Å². The summed E-state index contributed by atoms with van der Waals surface area (Å²) in [4.78, 5) is 11.8. The predicted octanol–water partition coefficient (Wildman–Crippen LogP) is 1.13. The number of aromatic nitrogens is 2. The molecule has 7 heteroatoms. The Morgan fingerprint density at radius 1 is 1.42 bits per heavy atom. The molecule has 1 aromatic heterocycles. The number of rotatable bonds is 5. The van der Waals surface area contributed by atoms with E-state index in [0.29, 0.717) is 25.4 Å². The second kappa shape index (κ2) is 9.18. The van der Waals surface area contributed by atoms with Crippen molar-refractivity contribution in [2.45, 2.75) is 27.2 Å². The van der Waals surface area contributed by atoms with Crippen molar-refractivity contribution < 1.29 is 4.79 Å². The van der Waals surface area contributed by atoms with Crippen molar-refractivity contribution in [2.75, 3.05) is 13.1 Å². The van der Waals surface area contributed by atoms with Gasteiger partial charge in [-0.1, -0.05) is 6.92 Å². The van der Waals surface area contributed by atoms with Crippen LogP contribution in [0.4, 0.5) is 0 Å². The maximum atomic E-state index is 11.8. The molecule has 3 N–H and O–H groups in total. The number of aryl methyl sites for hydroxylation is 2. The molecule has 0 fully saturated rings. The van der Waals surface area contributed by atoms with Crippen molar-refractivity contribution in [3.63, 3.8) is 0 Å². The molecule has 0 spiro atoms. The third-order valence-corrected chi connectivity index (χ3v) is 3.05. The van der Waals surface area contributed by atoms with Gasteiger partial charge in [0.1, 0.15) is 0 Å². The SMILES string of the molecule is Cc1nn(C)c(C)c1CC(=O)NCC(C)CN.Cl.Cl. The molecule has 19 heavy (non-hydrogen) atoms. The summed E-state index contributed by atoms with van der Waals surface area (Å²) in [5.41, 5.74) is 8.49. The molecule has 1 atom stereocenters. The molecule has 0 bridgehead atoms. The molecular formula is C12H24Cl2N4O. The summed E-state index contributed by atoms with van der Waals surface area (Å²) in [6.07, 6.45) is 0.392. The lowest BCUT2D eigenvalue weighted by molar-refractivity contribution is -0.120. The number of nitrogens with zero attached hydrogens (tertiary/aromatic N) is 2. The van der Waals surface area contributed by atoms with Crippen molar-refractivity contribution in [3.8, 4) is 0 Å². The first kappa shape index (κ1) is 20.5. The Morgan fingerprint density at radius 2 is 2.00 bits per heavy atom. The van der Waals surface area contributed by atoms with Gasteiger partial charge in [-0.05, 0) is 26.3 Å². The van der Waals surface area contributed by atoms with E-state index in [1.165, 1.54) is 0 Å². The third-order valence-electron chi connectivity index (χ3n) is 3.05. The van der Waals surface area contributed by atoms with Gasteiger partial charge in [0.05, 0.1) is 12.1 Å². The lowest BCUT2D eigenvalue weighted by atomic mass is 10.1. The van der Waals surface area contributed by atoms with Crippen LogP contribution in [0.25, 0.3) is 0 Å². The molecular weight excluding hydrogens is 287 g/mol. The zero-order chi connectivity index (χ0) is 13.0. The molecule has 1 aromatic rings. The summed E-state index contributed by atoms with van der Waals surface area (Å²) in [6.45, 7) is 7.14. The Morgan fingerprint density at radius 3 is 2.42 bits per heavy atom. The minimum atomic E-state index is 0. The van der Waals surface area contributed by atoms with Crippen molar-refractivity contribution in [2.24, 2.45) is 18.7 Å². The van der Waals surface area contributed by atoms with E-state index in [0.717, 1.165) is 17.0 Å². The van der Waals surface area contributed by atoms with E-state index < -0.39 is 0 Å². The molecule has 1 rings (SSSR count). The van der Waals surface area contributed by atoms with Crippen LogP contribution < -0.4 is 11.1 Å². The Hall–Kier alpha value is -0.780. The van der Waals surface area contributed by atoms with Gasteiger partial charge in [-0.15, -0.1) is 24.8 Å². The fraction of sp³-hybridized carbons (Fsp3) is 0.667. The molecule has 0 aromatic carbocycles. The number of hydrogen-bond acceptors (Lipinski definition) is 3. The molecule has 0 aliphatic heterocycles. The zero-order valence-corrected chi connectivity index (χ0v) is 13.5. The summed E-state index contributed by atoms with van der Waals surface area (Å²) in [5.74, 6) is 0.347. The second-order valence-electron chi connectivity index (χ2n) is 4.59. The number of hydrogen-bond donors (Lipinski definition) is 2. The first-order valence-electron chi connectivity index (χ1n) is 5.91. The number of carbonyl (C=O) groups excluding carboxylic acids is 1. The minimum Gasteiger partial charge on any atom is -0.355 e. The Labute approximate surface area is 127 Å². The van der Waals surface area contributed by atoms with Crippen LogP contribution in [0.5, 0.6) is 0 Å². The fourth-order valence-corrected chi connectivity index (χ4v) is 1.67. The molecule has 5 nitrogen and oxygen atoms in total. The largest absolute Gasteiger partial charge is 0.355 e. The number of nitrogens with one attached hydrogen (secondary N) is 1. The van der Waals surface area contributed by atoms with Gasteiger partial charge in [-0.25, -0.2) is 0 Å². The van der Waals surface area contributed by atoms with Crippen LogP contribution in [0, 0.1) is 19.8 Å². The first-order valence-corrected chi connectivity index (χ1v) is 5.91. The van der Waals surface area contributed by atoms with Gasteiger partial charge in [0.2, 0.25) is 5.91 Å². The van der Waals surface area contributed by atoms with E-state index >= 15 is 0 Å². The van der Waals surface area contributed by atoms with Gasteiger partial charge in [0.25, 0.3) is 0 Å². The second-order valence-corrected chi connectivity index (χ2v) is 4.59. The molecule has 112 valence electrons. The monoisotopic (exact) mass is 310 g/mol. The third kappa shape index (κ3) is 5.80. The quantitative estimate of drug-likeness (QED) is 0.856. The van der Waals surface area contributed by atoms with Crippen LogP contribution in [-0.4, -0.2) is 28.8 Å². The summed E-state index contributed by atoms with van der Waals surface area (Å²) in [7, 11) is 1.89. The molecule has 1 unspecified atom stereocenters.